The summed E-state index contributed by atoms with van der Waals surface area (Å²) < 4.78 is 0. The summed E-state index contributed by atoms with van der Waals surface area (Å²) in [6.45, 7) is 7.47. The molecule has 17 heavy (non-hydrogen) atoms. The van der Waals surface area contributed by atoms with Crippen molar-refractivity contribution in [3.8, 4) is 0 Å². The average Bonchev–Trinajstić information content (AvgIpc) is 2.38. The van der Waals surface area contributed by atoms with Gasteiger partial charge in [0.2, 0.25) is 5.95 Å². The molecule has 1 aromatic heterocycles. The third-order valence-electron chi connectivity index (χ3n) is 3.03. The highest BCUT2D eigenvalue weighted by atomic mass is 15.2. The van der Waals surface area contributed by atoms with Gasteiger partial charge in [0.25, 0.3) is 0 Å². The van der Waals surface area contributed by atoms with E-state index in [0.29, 0.717) is 6.04 Å². The van der Waals surface area contributed by atoms with Gasteiger partial charge in [-0.2, -0.15) is 4.98 Å². The van der Waals surface area contributed by atoms with Crippen molar-refractivity contribution in [1.29, 1.82) is 0 Å². The van der Waals surface area contributed by atoms with Crippen LogP contribution in [-0.4, -0.2) is 29.6 Å². The number of aromatic nitrogens is 2. The van der Waals surface area contributed by atoms with Crippen molar-refractivity contribution < 1.29 is 0 Å². The lowest BCUT2D eigenvalue weighted by Gasteiger charge is -2.27. The molecule has 0 fully saturated rings. The zero-order valence-corrected chi connectivity index (χ0v) is 11.4. The van der Waals surface area contributed by atoms with Crippen LogP contribution in [0.3, 0.4) is 0 Å². The fourth-order valence-electron chi connectivity index (χ4n) is 1.89. The molecule has 0 saturated carbocycles. The van der Waals surface area contributed by atoms with Gasteiger partial charge in [-0.1, -0.05) is 20.8 Å². The molecule has 0 aliphatic carbocycles. The largest absolute Gasteiger partial charge is 0.357 e. The Balaban J connectivity index is 2.75. The summed E-state index contributed by atoms with van der Waals surface area (Å²) in [5.41, 5.74) is 0. The topological polar surface area (TPSA) is 41.1 Å². The predicted molar refractivity (Wildman–Crippen MR) is 73.6 cm³/mol. The molecule has 96 valence electrons. The number of nitrogens with one attached hydrogen (secondary N) is 1. The zero-order chi connectivity index (χ0) is 12.7. The minimum atomic E-state index is 0.545. The van der Waals surface area contributed by atoms with E-state index < -0.39 is 0 Å². The van der Waals surface area contributed by atoms with E-state index in [0.717, 1.165) is 37.6 Å². The summed E-state index contributed by atoms with van der Waals surface area (Å²) in [7, 11) is 2.10. The van der Waals surface area contributed by atoms with E-state index in [-0.39, 0.29) is 0 Å². The lowest BCUT2D eigenvalue weighted by atomic mass is 10.1. The van der Waals surface area contributed by atoms with Gasteiger partial charge in [0.1, 0.15) is 5.82 Å². The van der Waals surface area contributed by atoms with Gasteiger partial charge in [0.15, 0.2) is 0 Å². The molecule has 4 heteroatoms. The Kier molecular flexibility index (Phi) is 5.73. The minimum Gasteiger partial charge on any atom is -0.357 e. The summed E-state index contributed by atoms with van der Waals surface area (Å²) >= 11 is 0. The maximum Gasteiger partial charge on any atom is 0.224 e. The van der Waals surface area contributed by atoms with Crippen LogP contribution >= 0.6 is 0 Å². The molecular formula is C13H24N4. The Bertz CT molecular complexity index is 323. The minimum absolute atomic E-state index is 0.545. The fourth-order valence-corrected chi connectivity index (χ4v) is 1.89. The molecule has 1 heterocycles. The van der Waals surface area contributed by atoms with Crippen LogP contribution < -0.4 is 10.2 Å². The fraction of sp³-hybridized carbons (Fsp3) is 0.692. The second kappa shape index (κ2) is 7.09. The van der Waals surface area contributed by atoms with E-state index in [1.165, 1.54) is 0 Å². The maximum absolute atomic E-state index is 4.53. The number of rotatable bonds is 7. The van der Waals surface area contributed by atoms with Crippen LogP contribution in [-0.2, 0) is 0 Å². The molecular weight excluding hydrogens is 212 g/mol. The highest BCUT2D eigenvalue weighted by molar-refractivity contribution is 5.42. The molecule has 0 aromatic carbocycles. The van der Waals surface area contributed by atoms with Gasteiger partial charge in [-0.15, -0.1) is 0 Å². The number of nitrogens with zero attached hydrogens (tertiary/aromatic N) is 3. The van der Waals surface area contributed by atoms with Gasteiger partial charge < -0.3 is 10.2 Å². The molecule has 0 spiro atoms. The lowest BCUT2D eigenvalue weighted by molar-refractivity contribution is 0.586. The Morgan fingerprint density at radius 1 is 1.29 bits per heavy atom. The molecule has 0 radical (unpaired) electrons. The predicted octanol–water partition coefficient (Wildman–Crippen LogP) is 2.92. The number of hydrogen-bond donors (Lipinski definition) is 1. The van der Waals surface area contributed by atoms with Crippen molar-refractivity contribution in [2.45, 2.75) is 46.1 Å². The van der Waals surface area contributed by atoms with Crippen LogP contribution in [0.4, 0.5) is 11.8 Å². The zero-order valence-electron chi connectivity index (χ0n) is 11.4. The van der Waals surface area contributed by atoms with Gasteiger partial charge in [-0.3, -0.25) is 0 Å². The summed E-state index contributed by atoms with van der Waals surface area (Å²) in [5, 5.41) is 3.22. The van der Waals surface area contributed by atoms with E-state index in [4.69, 9.17) is 0 Å². The molecule has 0 amide bonds. The van der Waals surface area contributed by atoms with Crippen molar-refractivity contribution in [2.24, 2.45) is 0 Å². The van der Waals surface area contributed by atoms with Gasteiger partial charge in [-0.25, -0.2) is 4.98 Å². The van der Waals surface area contributed by atoms with Crippen LogP contribution in [0.5, 0.6) is 0 Å². The van der Waals surface area contributed by atoms with Crippen LogP contribution in [0, 0.1) is 0 Å². The molecule has 4 nitrogen and oxygen atoms in total. The first-order valence-corrected chi connectivity index (χ1v) is 6.52. The second-order valence-electron chi connectivity index (χ2n) is 4.25. The third-order valence-corrected chi connectivity index (χ3v) is 3.03. The van der Waals surface area contributed by atoms with Crippen LogP contribution in [0.15, 0.2) is 12.3 Å². The Labute approximate surface area is 104 Å². The van der Waals surface area contributed by atoms with Crippen molar-refractivity contribution in [3.63, 3.8) is 0 Å². The molecule has 1 N–H and O–H groups in total. The third kappa shape index (κ3) is 3.88. The first kappa shape index (κ1) is 13.7. The molecule has 0 atom stereocenters. The number of anilines is 2. The second-order valence-corrected chi connectivity index (χ2v) is 4.25. The van der Waals surface area contributed by atoms with Crippen LogP contribution in [0.25, 0.3) is 0 Å². The van der Waals surface area contributed by atoms with E-state index >= 15 is 0 Å². The van der Waals surface area contributed by atoms with Gasteiger partial charge in [0, 0.05) is 25.8 Å². The summed E-state index contributed by atoms with van der Waals surface area (Å²) in [6, 6.07) is 2.51. The van der Waals surface area contributed by atoms with Crippen LogP contribution in [0.1, 0.15) is 40.0 Å². The molecule has 0 unspecified atom stereocenters. The first-order valence-electron chi connectivity index (χ1n) is 6.52. The van der Waals surface area contributed by atoms with Crippen molar-refractivity contribution in [3.05, 3.63) is 12.3 Å². The summed E-state index contributed by atoms with van der Waals surface area (Å²) in [4.78, 5) is 11.0. The number of hydrogen-bond acceptors (Lipinski definition) is 4. The molecule has 1 aromatic rings. The molecule has 0 aliphatic heterocycles. The maximum atomic E-state index is 4.53. The monoisotopic (exact) mass is 236 g/mol. The molecule has 0 saturated heterocycles. The Hall–Kier alpha value is -1.32. The van der Waals surface area contributed by atoms with E-state index in [1.807, 2.05) is 12.3 Å². The van der Waals surface area contributed by atoms with Gasteiger partial charge in [0.05, 0.1) is 0 Å². The highest BCUT2D eigenvalue weighted by Gasteiger charge is 2.12. The van der Waals surface area contributed by atoms with Gasteiger partial charge >= 0.3 is 0 Å². The highest BCUT2D eigenvalue weighted by Crippen LogP contribution is 2.16. The lowest BCUT2D eigenvalue weighted by Crippen LogP contribution is -2.31. The standard InChI is InChI=1S/C13H24N4/c1-5-9-14-13-15-10-8-12(16-13)17(4)11(6-2)7-3/h8,10-11H,5-7,9H2,1-4H3,(H,14,15,16). The van der Waals surface area contributed by atoms with E-state index in [2.05, 4.69) is 48.0 Å². The average molecular weight is 236 g/mol. The molecule has 1 rings (SSSR count). The Morgan fingerprint density at radius 3 is 2.59 bits per heavy atom. The molecule has 0 bridgehead atoms. The SMILES string of the molecule is CCCNc1nccc(N(C)C(CC)CC)n1. The van der Waals surface area contributed by atoms with E-state index in [9.17, 15) is 0 Å². The van der Waals surface area contributed by atoms with Crippen molar-refractivity contribution >= 4 is 11.8 Å². The summed E-state index contributed by atoms with van der Waals surface area (Å²) in [6.07, 6.45) is 5.17. The van der Waals surface area contributed by atoms with Gasteiger partial charge in [-0.05, 0) is 25.3 Å². The quantitative estimate of drug-likeness (QED) is 0.790. The van der Waals surface area contributed by atoms with E-state index in [1.54, 1.807) is 0 Å². The summed E-state index contributed by atoms with van der Waals surface area (Å²) in [5.74, 6) is 1.72. The first-order chi connectivity index (χ1) is 8.22. The smallest absolute Gasteiger partial charge is 0.224 e. The van der Waals surface area contributed by atoms with Crippen molar-refractivity contribution in [1.82, 2.24) is 9.97 Å². The molecule has 0 aliphatic rings. The Morgan fingerprint density at radius 2 is 2.00 bits per heavy atom. The van der Waals surface area contributed by atoms with Crippen LogP contribution in [0.2, 0.25) is 0 Å². The van der Waals surface area contributed by atoms with Crippen molar-refractivity contribution in [2.75, 3.05) is 23.8 Å². The normalized spacial score (nSPS) is 10.6.